The SMILES string of the molecule is CC.CC(O)CO.O=C1COC(c2cccc(Cl)c2)C(c2ccc(Cl)cc2)N1CC1CC1. The van der Waals surface area contributed by atoms with Crippen LogP contribution in [0.1, 0.15) is 56.9 Å². The van der Waals surface area contributed by atoms with Gasteiger partial charge >= 0.3 is 0 Å². The van der Waals surface area contributed by atoms with Gasteiger partial charge in [-0.1, -0.05) is 61.3 Å². The molecule has 0 spiro atoms. The van der Waals surface area contributed by atoms with Crippen LogP contribution in [-0.4, -0.2) is 46.9 Å². The van der Waals surface area contributed by atoms with Crippen molar-refractivity contribution in [1.82, 2.24) is 4.90 Å². The van der Waals surface area contributed by atoms with Gasteiger partial charge < -0.3 is 19.8 Å². The molecule has 1 saturated heterocycles. The molecule has 4 rings (SSSR count). The van der Waals surface area contributed by atoms with E-state index in [0.29, 0.717) is 16.0 Å². The summed E-state index contributed by atoms with van der Waals surface area (Å²) in [6, 6.07) is 15.2. The number of hydrogen-bond donors (Lipinski definition) is 2. The summed E-state index contributed by atoms with van der Waals surface area (Å²) in [5.41, 5.74) is 2.02. The molecule has 1 amide bonds. The molecule has 32 heavy (non-hydrogen) atoms. The van der Waals surface area contributed by atoms with Crippen LogP contribution in [-0.2, 0) is 9.53 Å². The first-order valence-corrected chi connectivity index (χ1v) is 11.9. The predicted molar refractivity (Wildman–Crippen MR) is 129 cm³/mol. The molecular weight excluding hydrogens is 449 g/mol. The second kappa shape index (κ2) is 13.2. The fourth-order valence-electron chi connectivity index (χ4n) is 3.42. The van der Waals surface area contributed by atoms with Crippen molar-refractivity contribution >= 4 is 29.1 Å². The number of morpholine rings is 1. The number of amides is 1. The normalized spacial score (nSPS) is 21.1. The van der Waals surface area contributed by atoms with E-state index >= 15 is 0 Å². The number of halogens is 2. The summed E-state index contributed by atoms with van der Waals surface area (Å²) < 4.78 is 5.98. The maximum absolute atomic E-state index is 12.6. The summed E-state index contributed by atoms with van der Waals surface area (Å²) in [5.74, 6) is 0.655. The first-order valence-electron chi connectivity index (χ1n) is 11.1. The van der Waals surface area contributed by atoms with Gasteiger partial charge in [-0.15, -0.1) is 0 Å². The van der Waals surface area contributed by atoms with Gasteiger partial charge in [-0.25, -0.2) is 0 Å². The highest BCUT2D eigenvalue weighted by molar-refractivity contribution is 6.30. The van der Waals surface area contributed by atoms with Crippen molar-refractivity contribution in [2.75, 3.05) is 19.8 Å². The van der Waals surface area contributed by atoms with E-state index < -0.39 is 6.10 Å². The van der Waals surface area contributed by atoms with Crippen molar-refractivity contribution in [2.45, 2.75) is 51.9 Å². The monoisotopic (exact) mass is 481 g/mol. The van der Waals surface area contributed by atoms with E-state index in [1.807, 2.05) is 67.3 Å². The highest BCUT2D eigenvalue weighted by atomic mass is 35.5. The smallest absolute Gasteiger partial charge is 0.249 e. The molecule has 2 aliphatic rings. The molecule has 176 valence electrons. The third-order valence-electron chi connectivity index (χ3n) is 5.13. The Morgan fingerprint density at radius 1 is 1.06 bits per heavy atom. The topological polar surface area (TPSA) is 70.0 Å². The zero-order chi connectivity index (χ0) is 23.7. The fraction of sp³-hybridized carbons (Fsp3) is 0.480. The highest BCUT2D eigenvalue weighted by Gasteiger charge is 2.41. The third kappa shape index (κ3) is 7.75. The summed E-state index contributed by atoms with van der Waals surface area (Å²) in [5, 5.41) is 17.4. The first kappa shape index (κ1) is 26.6. The molecule has 2 aromatic carbocycles. The van der Waals surface area contributed by atoms with Gasteiger partial charge in [-0.2, -0.15) is 0 Å². The Hall–Kier alpha value is -1.63. The van der Waals surface area contributed by atoms with Gasteiger partial charge in [-0.3, -0.25) is 4.79 Å². The van der Waals surface area contributed by atoms with Crippen molar-refractivity contribution in [3.8, 4) is 0 Å². The number of ether oxygens (including phenoxy) is 1. The lowest BCUT2D eigenvalue weighted by molar-refractivity contribution is -0.159. The lowest BCUT2D eigenvalue weighted by atomic mass is 9.92. The maximum Gasteiger partial charge on any atom is 0.249 e. The van der Waals surface area contributed by atoms with E-state index in [-0.39, 0.29) is 31.3 Å². The maximum atomic E-state index is 12.6. The number of benzene rings is 2. The standard InChI is InChI=1S/C20H19Cl2NO2.C3H8O2.C2H6/c21-16-8-6-14(7-9-16)19-20(15-2-1-3-17(22)10-15)25-12-18(24)23(19)11-13-4-5-13;1-3(5)2-4;1-2/h1-3,6-10,13,19-20H,4-5,11-12H2;3-5H,2H2,1H3;1-2H3. The number of aliphatic hydroxyl groups is 2. The lowest BCUT2D eigenvalue weighted by Crippen LogP contribution is -2.46. The Morgan fingerprint density at radius 2 is 1.69 bits per heavy atom. The van der Waals surface area contributed by atoms with Crippen LogP contribution in [0, 0.1) is 5.92 Å². The summed E-state index contributed by atoms with van der Waals surface area (Å²) in [4.78, 5) is 14.6. The van der Waals surface area contributed by atoms with Crippen molar-refractivity contribution in [2.24, 2.45) is 5.92 Å². The quantitative estimate of drug-likeness (QED) is 0.596. The van der Waals surface area contributed by atoms with Crippen molar-refractivity contribution in [1.29, 1.82) is 0 Å². The Labute approximate surface area is 200 Å². The summed E-state index contributed by atoms with van der Waals surface area (Å²) in [6.07, 6.45) is 1.59. The van der Waals surface area contributed by atoms with E-state index in [4.69, 9.17) is 38.2 Å². The van der Waals surface area contributed by atoms with E-state index in [0.717, 1.165) is 17.7 Å². The molecule has 2 N–H and O–H groups in total. The highest BCUT2D eigenvalue weighted by Crippen LogP contribution is 2.43. The molecule has 1 heterocycles. The number of hydrogen-bond acceptors (Lipinski definition) is 4. The fourth-order valence-corrected chi connectivity index (χ4v) is 3.75. The van der Waals surface area contributed by atoms with Crippen LogP contribution < -0.4 is 0 Å². The van der Waals surface area contributed by atoms with Gasteiger partial charge in [0, 0.05) is 16.6 Å². The summed E-state index contributed by atoms with van der Waals surface area (Å²) in [6.45, 7) is 6.28. The minimum atomic E-state index is -0.560. The number of carbonyl (C=O) groups is 1. The molecule has 1 saturated carbocycles. The van der Waals surface area contributed by atoms with E-state index in [9.17, 15) is 4.79 Å². The Kier molecular flexibility index (Phi) is 11.0. The average Bonchev–Trinajstić information content (AvgIpc) is 3.62. The molecule has 2 aromatic rings. The van der Waals surface area contributed by atoms with Gasteiger partial charge in [0.05, 0.1) is 18.8 Å². The van der Waals surface area contributed by atoms with Crippen molar-refractivity contribution in [3.05, 3.63) is 69.7 Å². The van der Waals surface area contributed by atoms with Crippen molar-refractivity contribution < 1.29 is 19.7 Å². The number of carbonyl (C=O) groups excluding carboxylic acids is 1. The Balaban J connectivity index is 0.000000460. The molecule has 1 aliphatic heterocycles. The summed E-state index contributed by atoms with van der Waals surface area (Å²) >= 11 is 12.2. The van der Waals surface area contributed by atoms with Gasteiger partial charge in [0.1, 0.15) is 12.7 Å². The molecule has 3 atom stereocenters. The van der Waals surface area contributed by atoms with Gasteiger partial charge in [0.2, 0.25) is 5.91 Å². The van der Waals surface area contributed by atoms with Crippen LogP contribution in [0.5, 0.6) is 0 Å². The van der Waals surface area contributed by atoms with Crippen LogP contribution >= 0.6 is 23.2 Å². The molecular formula is C25H33Cl2NO4. The second-order valence-corrected chi connectivity index (χ2v) is 8.68. The molecule has 1 aliphatic carbocycles. The number of aliphatic hydroxyl groups excluding tert-OH is 2. The molecule has 0 bridgehead atoms. The molecule has 2 fully saturated rings. The van der Waals surface area contributed by atoms with Gasteiger partial charge in [0.25, 0.3) is 0 Å². The van der Waals surface area contributed by atoms with Crippen LogP contribution in [0.2, 0.25) is 10.0 Å². The van der Waals surface area contributed by atoms with Gasteiger partial charge in [0.15, 0.2) is 0 Å². The zero-order valence-electron chi connectivity index (χ0n) is 18.9. The average molecular weight is 482 g/mol. The van der Waals surface area contributed by atoms with E-state index in [2.05, 4.69) is 0 Å². The predicted octanol–water partition coefficient (Wildman–Crippen LogP) is 5.43. The first-order chi connectivity index (χ1) is 15.4. The minimum Gasteiger partial charge on any atom is -0.394 e. The Morgan fingerprint density at radius 3 is 2.22 bits per heavy atom. The molecule has 0 aromatic heterocycles. The molecule has 5 nitrogen and oxygen atoms in total. The van der Waals surface area contributed by atoms with E-state index in [1.165, 1.54) is 19.8 Å². The third-order valence-corrected chi connectivity index (χ3v) is 5.62. The summed E-state index contributed by atoms with van der Waals surface area (Å²) in [7, 11) is 0. The largest absolute Gasteiger partial charge is 0.394 e. The lowest BCUT2D eigenvalue weighted by Gasteiger charge is -2.41. The molecule has 3 unspecified atom stereocenters. The zero-order valence-corrected chi connectivity index (χ0v) is 20.4. The van der Waals surface area contributed by atoms with Gasteiger partial charge in [-0.05, 0) is 61.1 Å². The van der Waals surface area contributed by atoms with Crippen LogP contribution in [0.15, 0.2) is 48.5 Å². The van der Waals surface area contributed by atoms with Crippen LogP contribution in [0.3, 0.4) is 0 Å². The minimum absolute atomic E-state index is 0.0464. The second-order valence-electron chi connectivity index (χ2n) is 7.80. The Bertz CT molecular complexity index is 840. The van der Waals surface area contributed by atoms with Crippen molar-refractivity contribution in [3.63, 3.8) is 0 Å². The number of nitrogens with zero attached hydrogens (tertiary/aromatic N) is 1. The van der Waals surface area contributed by atoms with E-state index in [1.54, 1.807) is 0 Å². The molecule has 7 heteroatoms. The van der Waals surface area contributed by atoms with Crippen LogP contribution in [0.25, 0.3) is 0 Å². The molecule has 0 radical (unpaired) electrons. The van der Waals surface area contributed by atoms with Crippen LogP contribution in [0.4, 0.5) is 0 Å². The number of rotatable bonds is 5.